The lowest BCUT2D eigenvalue weighted by Crippen LogP contribution is -2.12. The Bertz CT molecular complexity index is 306. The van der Waals surface area contributed by atoms with Crippen molar-refractivity contribution in [3.63, 3.8) is 0 Å². The number of carboxylic acid groups (broad SMARTS) is 1. The number of hydrogen-bond acceptors (Lipinski definition) is 1. The monoisotopic (exact) mass is 344 g/mol. The highest BCUT2D eigenvalue weighted by atomic mass is 35.5. The van der Waals surface area contributed by atoms with Crippen LogP contribution in [0.15, 0.2) is 0 Å². The molecule has 0 amide bonds. The number of carboxylic acids is 1. The first kappa shape index (κ1) is 20.8. The third-order valence-electron chi connectivity index (χ3n) is 5.55. The predicted molar refractivity (Wildman–Crippen MR) is 99.2 cm³/mol. The van der Waals surface area contributed by atoms with Gasteiger partial charge in [0.2, 0.25) is 0 Å². The smallest absolute Gasteiger partial charge is 0.321 e. The van der Waals surface area contributed by atoms with Crippen LogP contribution in [0, 0.1) is 11.8 Å². The molecule has 0 saturated heterocycles. The molecule has 0 aromatic heterocycles. The van der Waals surface area contributed by atoms with Gasteiger partial charge < -0.3 is 5.11 Å². The zero-order valence-electron chi connectivity index (χ0n) is 15.1. The summed E-state index contributed by atoms with van der Waals surface area (Å²) in [5.74, 6) is 1.04. The van der Waals surface area contributed by atoms with Crippen molar-refractivity contribution in [1.29, 1.82) is 0 Å². The van der Waals surface area contributed by atoms with Gasteiger partial charge in [-0.2, -0.15) is 0 Å². The largest absolute Gasteiger partial charge is 0.480 e. The van der Waals surface area contributed by atoms with Crippen LogP contribution < -0.4 is 0 Å². The van der Waals surface area contributed by atoms with Gasteiger partial charge in [0.1, 0.15) is 5.38 Å². The number of carbonyl (C=O) groups is 1. The van der Waals surface area contributed by atoms with Crippen molar-refractivity contribution in [2.75, 3.05) is 0 Å². The van der Waals surface area contributed by atoms with E-state index in [0.717, 1.165) is 24.7 Å². The second-order valence-corrected chi connectivity index (χ2v) is 7.98. The molecule has 1 unspecified atom stereocenters. The van der Waals surface area contributed by atoms with E-state index >= 15 is 0 Å². The molecule has 0 radical (unpaired) electrons. The van der Waals surface area contributed by atoms with E-state index in [1.54, 1.807) is 0 Å². The molecule has 3 atom stereocenters. The van der Waals surface area contributed by atoms with Crippen LogP contribution in [0.2, 0.25) is 0 Å². The Kier molecular flexibility index (Phi) is 11.8. The van der Waals surface area contributed by atoms with Crippen LogP contribution >= 0.6 is 11.6 Å². The molecule has 0 aliphatic heterocycles. The van der Waals surface area contributed by atoms with Crippen LogP contribution in [-0.4, -0.2) is 16.5 Å². The van der Waals surface area contributed by atoms with E-state index < -0.39 is 11.3 Å². The number of halogens is 1. The Labute approximate surface area is 148 Å². The summed E-state index contributed by atoms with van der Waals surface area (Å²) < 4.78 is 0. The minimum atomic E-state index is -0.874. The molecule has 0 aromatic rings. The minimum absolute atomic E-state index is 0.614. The maximum atomic E-state index is 10.7. The molecule has 1 aliphatic rings. The van der Waals surface area contributed by atoms with Crippen molar-refractivity contribution in [3.8, 4) is 0 Å². The van der Waals surface area contributed by atoms with Crippen LogP contribution in [0.25, 0.3) is 0 Å². The molecule has 3 heteroatoms. The average molecular weight is 345 g/mol. The van der Waals surface area contributed by atoms with Gasteiger partial charge in [-0.15, -0.1) is 11.6 Å². The molecular formula is C20H37ClO2. The lowest BCUT2D eigenvalue weighted by Gasteiger charge is -2.19. The zero-order chi connectivity index (χ0) is 16.9. The topological polar surface area (TPSA) is 37.3 Å². The molecule has 1 saturated carbocycles. The van der Waals surface area contributed by atoms with E-state index in [-0.39, 0.29) is 0 Å². The van der Waals surface area contributed by atoms with E-state index in [2.05, 4.69) is 6.92 Å². The summed E-state index contributed by atoms with van der Waals surface area (Å²) in [5.41, 5.74) is 0. The third kappa shape index (κ3) is 9.59. The molecule has 23 heavy (non-hydrogen) atoms. The lowest BCUT2D eigenvalue weighted by molar-refractivity contribution is -0.136. The summed E-state index contributed by atoms with van der Waals surface area (Å²) in [4.78, 5) is 10.7. The fraction of sp³-hybridized carbons (Fsp3) is 0.950. The fourth-order valence-electron chi connectivity index (χ4n) is 4.09. The number of hydrogen-bond donors (Lipinski definition) is 1. The highest BCUT2D eigenvalue weighted by molar-refractivity contribution is 6.29. The Morgan fingerprint density at radius 1 is 0.957 bits per heavy atom. The summed E-state index contributed by atoms with van der Waals surface area (Å²) in [5, 5.41) is 8.07. The van der Waals surface area contributed by atoms with Crippen molar-refractivity contribution < 1.29 is 9.90 Å². The van der Waals surface area contributed by atoms with Gasteiger partial charge in [-0.25, -0.2) is 0 Å². The maximum Gasteiger partial charge on any atom is 0.321 e. The van der Waals surface area contributed by atoms with Gasteiger partial charge in [0.25, 0.3) is 0 Å². The fourth-order valence-corrected chi connectivity index (χ4v) is 4.25. The molecule has 0 heterocycles. The molecule has 1 rings (SSSR count). The van der Waals surface area contributed by atoms with Crippen LogP contribution in [0.5, 0.6) is 0 Å². The Morgan fingerprint density at radius 2 is 1.48 bits per heavy atom. The van der Waals surface area contributed by atoms with E-state index in [9.17, 15) is 4.79 Å². The van der Waals surface area contributed by atoms with Crippen molar-refractivity contribution >= 4 is 17.6 Å². The molecule has 0 bridgehead atoms. The van der Waals surface area contributed by atoms with Crippen molar-refractivity contribution in [1.82, 2.24) is 0 Å². The zero-order valence-corrected chi connectivity index (χ0v) is 15.8. The quantitative estimate of drug-likeness (QED) is 0.278. The van der Waals surface area contributed by atoms with E-state index in [4.69, 9.17) is 16.7 Å². The summed E-state index contributed by atoms with van der Waals surface area (Å²) >= 11 is 5.75. The minimum Gasteiger partial charge on any atom is -0.480 e. The Balaban J connectivity index is 2.03. The summed E-state index contributed by atoms with van der Waals surface area (Å²) in [7, 11) is 0. The SMILES string of the molecule is CCCCCCCC[C@H]1CCC[C@@H]1CCCCCC(Cl)C(=O)O. The third-order valence-corrected chi connectivity index (χ3v) is 5.95. The van der Waals surface area contributed by atoms with Gasteiger partial charge in [0, 0.05) is 0 Å². The van der Waals surface area contributed by atoms with Crippen molar-refractivity contribution in [3.05, 3.63) is 0 Å². The standard InChI is InChI=1S/C20H37ClO2/c1-2-3-4-5-6-8-12-17-14-11-15-18(17)13-9-7-10-16-19(21)20(22)23/h17-19H,2-16H2,1H3,(H,22,23)/t17-,18-,19?/m0/s1. The van der Waals surface area contributed by atoms with Gasteiger partial charge in [0.05, 0.1) is 0 Å². The molecular weight excluding hydrogens is 308 g/mol. The molecule has 0 spiro atoms. The van der Waals surface area contributed by atoms with Gasteiger partial charge in [-0.3, -0.25) is 4.79 Å². The second-order valence-electron chi connectivity index (χ2n) is 7.45. The second kappa shape index (κ2) is 13.1. The van der Waals surface area contributed by atoms with Crippen molar-refractivity contribution in [2.24, 2.45) is 11.8 Å². The van der Waals surface area contributed by atoms with Crippen LogP contribution in [0.4, 0.5) is 0 Å². The molecule has 1 N–H and O–H groups in total. The predicted octanol–water partition coefficient (Wildman–Crippen LogP) is 6.80. The first-order valence-corrected chi connectivity index (χ1v) is 10.5. The summed E-state index contributed by atoms with van der Waals surface area (Å²) in [6.07, 6.45) is 19.5. The summed E-state index contributed by atoms with van der Waals surface area (Å²) in [6, 6.07) is 0. The van der Waals surface area contributed by atoms with Gasteiger partial charge in [0.15, 0.2) is 0 Å². The molecule has 1 fully saturated rings. The first-order valence-electron chi connectivity index (χ1n) is 10.0. The highest BCUT2D eigenvalue weighted by Gasteiger charge is 2.26. The van der Waals surface area contributed by atoms with Crippen LogP contribution in [-0.2, 0) is 4.79 Å². The number of aliphatic carboxylic acids is 1. The number of rotatable bonds is 14. The van der Waals surface area contributed by atoms with E-state index in [1.807, 2.05) is 0 Å². The Morgan fingerprint density at radius 3 is 2.04 bits per heavy atom. The number of alkyl halides is 1. The molecule has 0 aromatic carbocycles. The summed E-state index contributed by atoms with van der Waals surface area (Å²) in [6.45, 7) is 2.28. The molecule has 1 aliphatic carbocycles. The van der Waals surface area contributed by atoms with Gasteiger partial charge >= 0.3 is 5.97 Å². The van der Waals surface area contributed by atoms with Crippen molar-refractivity contribution in [2.45, 2.75) is 109 Å². The van der Waals surface area contributed by atoms with E-state index in [0.29, 0.717) is 6.42 Å². The van der Waals surface area contributed by atoms with Crippen LogP contribution in [0.1, 0.15) is 103 Å². The maximum absolute atomic E-state index is 10.7. The van der Waals surface area contributed by atoms with E-state index in [1.165, 1.54) is 77.0 Å². The lowest BCUT2D eigenvalue weighted by atomic mass is 9.86. The van der Waals surface area contributed by atoms with Gasteiger partial charge in [-0.05, 0) is 18.3 Å². The first-order chi connectivity index (χ1) is 11.1. The van der Waals surface area contributed by atoms with Gasteiger partial charge in [-0.1, -0.05) is 96.8 Å². The molecule has 2 nitrogen and oxygen atoms in total. The highest BCUT2D eigenvalue weighted by Crippen LogP contribution is 2.38. The normalized spacial score (nSPS) is 22.3. The molecule has 136 valence electrons. The number of unbranched alkanes of at least 4 members (excludes halogenated alkanes) is 7. The Hall–Kier alpha value is -0.240. The average Bonchev–Trinajstić information content (AvgIpc) is 2.97. The van der Waals surface area contributed by atoms with Crippen LogP contribution in [0.3, 0.4) is 0 Å².